The standard InChI is InChI=1S/C25H33N3O3/c1-5-14-28(15-6-2)25(30)20-10-9-11-21(16-20)27-24(29)17-26-22-12-7-8-13-23(22)31-18-19(3)4/h7-13,16,26H,3,5-6,14-15,17-18H2,1-2,4H3,(H,27,29). The molecule has 0 aliphatic heterocycles. The van der Waals surface area contributed by atoms with Crippen LogP contribution in [0.25, 0.3) is 0 Å². The number of rotatable bonds is 12. The van der Waals surface area contributed by atoms with Crippen molar-refractivity contribution in [3.05, 3.63) is 66.2 Å². The Morgan fingerprint density at radius 2 is 1.74 bits per heavy atom. The molecule has 0 spiro atoms. The highest BCUT2D eigenvalue weighted by Crippen LogP contribution is 2.24. The van der Waals surface area contributed by atoms with Crippen LogP contribution in [0.2, 0.25) is 0 Å². The van der Waals surface area contributed by atoms with Gasteiger partial charge in [0.1, 0.15) is 12.4 Å². The second kappa shape index (κ2) is 12.4. The molecule has 0 atom stereocenters. The SMILES string of the molecule is C=C(C)COc1ccccc1NCC(=O)Nc1cccc(C(=O)N(CCC)CCC)c1. The summed E-state index contributed by atoms with van der Waals surface area (Å²) in [7, 11) is 0. The number of hydrogen-bond acceptors (Lipinski definition) is 4. The predicted octanol–water partition coefficient (Wildman–Crippen LogP) is 4.95. The molecular weight excluding hydrogens is 390 g/mol. The Balaban J connectivity index is 1.98. The van der Waals surface area contributed by atoms with Crippen LogP contribution in [0.15, 0.2) is 60.7 Å². The van der Waals surface area contributed by atoms with Gasteiger partial charge >= 0.3 is 0 Å². The maximum Gasteiger partial charge on any atom is 0.253 e. The molecule has 0 saturated carbocycles. The maximum absolute atomic E-state index is 12.8. The molecule has 6 heteroatoms. The van der Waals surface area contributed by atoms with Crippen molar-refractivity contribution in [2.75, 3.05) is 36.9 Å². The average Bonchev–Trinajstić information content (AvgIpc) is 2.76. The number of benzene rings is 2. The fraction of sp³-hybridized carbons (Fsp3) is 0.360. The van der Waals surface area contributed by atoms with Gasteiger partial charge in [-0.05, 0) is 55.7 Å². The van der Waals surface area contributed by atoms with Crippen LogP contribution in [0.3, 0.4) is 0 Å². The fourth-order valence-corrected chi connectivity index (χ4v) is 3.09. The third-order valence-corrected chi connectivity index (χ3v) is 4.47. The van der Waals surface area contributed by atoms with Crippen molar-refractivity contribution in [3.63, 3.8) is 0 Å². The van der Waals surface area contributed by atoms with Crippen LogP contribution >= 0.6 is 0 Å². The van der Waals surface area contributed by atoms with Crippen LogP contribution < -0.4 is 15.4 Å². The van der Waals surface area contributed by atoms with Crippen molar-refractivity contribution in [1.29, 1.82) is 0 Å². The first kappa shape index (κ1) is 24.0. The van der Waals surface area contributed by atoms with E-state index in [-0.39, 0.29) is 18.4 Å². The maximum atomic E-state index is 12.8. The molecule has 0 saturated heterocycles. The number of para-hydroxylation sites is 2. The van der Waals surface area contributed by atoms with Gasteiger partial charge in [0.2, 0.25) is 5.91 Å². The van der Waals surface area contributed by atoms with E-state index in [1.165, 1.54) is 0 Å². The van der Waals surface area contributed by atoms with Crippen molar-refractivity contribution < 1.29 is 14.3 Å². The highest BCUT2D eigenvalue weighted by Gasteiger charge is 2.15. The summed E-state index contributed by atoms with van der Waals surface area (Å²) in [5.41, 5.74) is 2.82. The Morgan fingerprint density at radius 3 is 2.42 bits per heavy atom. The van der Waals surface area contributed by atoms with Crippen molar-refractivity contribution in [1.82, 2.24) is 4.90 Å². The van der Waals surface area contributed by atoms with E-state index in [1.807, 2.05) is 36.1 Å². The van der Waals surface area contributed by atoms with Gasteiger partial charge in [-0.25, -0.2) is 0 Å². The second-order valence-electron chi connectivity index (χ2n) is 7.52. The Hall–Kier alpha value is -3.28. The molecule has 2 aromatic carbocycles. The third-order valence-electron chi connectivity index (χ3n) is 4.47. The number of carbonyl (C=O) groups excluding carboxylic acids is 2. The van der Waals surface area contributed by atoms with Gasteiger partial charge in [-0.1, -0.05) is 38.6 Å². The van der Waals surface area contributed by atoms with Gasteiger partial charge in [-0.2, -0.15) is 0 Å². The summed E-state index contributed by atoms with van der Waals surface area (Å²) in [5, 5.41) is 5.96. The van der Waals surface area contributed by atoms with Crippen molar-refractivity contribution in [2.45, 2.75) is 33.6 Å². The van der Waals surface area contributed by atoms with Crippen LogP contribution in [0.5, 0.6) is 5.75 Å². The molecule has 2 aromatic rings. The number of hydrogen-bond donors (Lipinski definition) is 2. The Kier molecular flexibility index (Phi) is 9.62. The molecule has 31 heavy (non-hydrogen) atoms. The van der Waals surface area contributed by atoms with E-state index >= 15 is 0 Å². The number of amides is 2. The van der Waals surface area contributed by atoms with Gasteiger partial charge in [-0.3, -0.25) is 9.59 Å². The highest BCUT2D eigenvalue weighted by atomic mass is 16.5. The molecule has 2 N–H and O–H groups in total. The Morgan fingerprint density at radius 1 is 1.03 bits per heavy atom. The van der Waals surface area contributed by atoms with Crippen LogP contribution in [-0.4, -0.2) is 43.0 Å². The molecule has 6 nitrogen and oxygen atoms in total. The molecule has 0 unspecified atom stereocenters. The molecule has 0 aromatic heterocycles. The van der Waals surface area contributed by atoms with Gasteiger partial charge in [0.15, 0.2) is 0 Å². The average molecular weight is 424 g/mol. The summed E-state index contributed by atoms with van der Waals surface area (Å²) in [6.45, 7) is 11.8. The summed E-state index contributed by atoms with van der Waals surface area (Å²) in [5.74, 6) is 0.442. The summed E-state index contributed by atoms with van der Waals surface area (Å²) >= 11 is 0. The zero-order valence-corrected chi connectivity index (χ0v) is 18.7. The number of ether oxygens (including phenoxy) is 1. The van der Waals surface area contributed by atoms with Gasteiger partial charge in [0.05, 0.1) is 12.2 Å². The lowest BCUT2D eigenvalue weighted by atomic mass is 10.1. The fourth-order valence-electron chi connectivity index (χ4n) is 3.09. The van der Waals surface area contributed by atoms with Crippen LogP contribution in [-0.2, 0) is 4.79 Å². The van der Waals surface area contributed by atoms with Gasteiger partial charge in [0.25, 0.3) is 5.91 Å². The van der Waals surface area contributed by atoms with E-state index in [0.29, 0.717) is 23.6 Å². The molecule has 166 valence electrons. The zero-order chi connectivity index (χ0) is 22.6. The number of nitrogens with one attached hydrogen (secondary N) is 2. The largest absolute Gasteiger partial charge is 0.487 e. The smallest absolute Gasteiger partial charge is 0.253 e. The first-order chi connectivity index (χ1) is 14.9. The predicted molar refractivity (Wildman–Crippen MR) is 127 cm³/mol. The Bertz CT molecular complexity index is 889. The number of anilines is 2. The minimum Gasteiger partial charge on any atom is -0.487 e. The molecule has 0 aliphatic carbocycles. The summed E-state index contributed by atoms with van der Waals surface area (Å²) in [4.78, 5) is 27.1. The van der Waals surface area contributed by atoms with E-state index in [9.17, 15) is 9.59 Å². The third kappa shape index (κ3) is 7.81. The van der Waals surface area contributed by atoms with Crippen LogP contribution in [0.1, 0.15) is 44.0 Å². The Labute approximate surface area is 185 Å². The molecular formula is C25H33N3O3. The van der Waals surface area contributed by atoms with Crippen molar-refractivity contribution in [2.24, 2.45) is 0 Å². The molecule has 0 heterocycles. The number of carbonyl (C=O) groups is 2. The molecule has 2 amide bonds. The van der Waals surface area contributed by atoms with Gasteiger partial charge in [0, 0.05) is 24.3 Å². The minimum absolute atomic E-state index is 0.0125. The zero-order valence-electron chi connectivity index (χ0n) is 18.7. The summed E-state index contributed by atoms with van der Waals surface area (Å²) < 4.78 is 5.72. The molecule has 0 bridgehead atoms. The molecule has 2 rings (SSSR count). The van der Waals surface area contributed by atoms with Crippen LogP contribution in [0.4, 0.5) is 11.4 Å². The van der Waals surface area contributed by atoms with Gasteiger partial charge in [-0.15, -0.1) is 0 Å². The lowest BCUT2D eigenvalue weighted by Crippen LogP contribution is -2.32. The van der Waals surface area contributed by atoms with Crippen molar-refractivity contribution in [3.8, 4) is 5.75 Å². The van der Waals surface area contributed by atoms with E-state index in [4.69, 9.17) is 4.74 Å². The first-order valence-electron chi connectivity index (χ1n) is 10.7. The normalized spacial score (nSPS) is 10.3. The summed E-state index contributed by atoms with van der Waals surface area (Å²) in [6, 6.07) is 14.5. The minimum atomic E-state index is -0.210. The lowest BCUT2D eigenvalue weighted by molar-refractivity contribution is -0.114. The van der Waals surface area contributed by atoms with E-state index in [0.717, 1.165) is 37.2 Å². The van der Waals surface area contributed by atoms with Crippen LogP contribution in [0, 0.1) is 0 Å². The molecule has 0 fully saturated rings. The number of nitrogens with zero attached hydrogens (tertiary/aromatic N) is 1. The van der Waals surface area contributed by atoms with Crippen molar-refractivity contribution >= 4 is 23.2 Å². The van der Waals surface area contributed by atoms with E-state index in [2.05, 4.69) is 31.1 Å². The quantitative estimate of drug-likeness (QED) is 0.474. The molecule has 0 aliphatic rings. The summed E-state index contributed by atoms with van der Waals surface area (Å²) in [6.07, 6.45) is 1.82. The van der Waals surface area contributed by atoms with E-state index in [1.54, 1.807) is 24.3 Å². The van der Waals surface area contributed by atoms with E-state index < -0.39 is 0 Å². The monoisotopic (exact) mass is 423 g/mol. The highest BCUT2D eigenvalue weighted by molar-refractivity contribution is 5.98. The second-order valence-corrected chi connectivity index (χ2v) is 7.52. The van der Waals surface area contributed by atoms with Gasteiger partial charge < -0.3 is 20.3 Å². The molecule has 0 radical (unpaired) electrons. The first-order valence-corrected chi connectivity index (χ1v) is 10.7. The topological polar surface area (TPSA) is 70.7 Å². The lowest BCUT2D eigenvalue weighted by Gasteiger charge is -2.21.